The number of aryl methyl sites for hydroxylation is 1. The fourth-order valence-corrected chi connectivity index (χ4v) is 2.47. The lowest BCUT2D eigenvalue weighted by atomic mass is 10.00. The predicted octanol–water partition coefficient (Wildman–Crippen LogP) is 3.00. The van der Waals surface area contributed by atoms with Crippen molar-refractivity contribution in [3.63, 3.8) is 0 Å². The van der Waals surface area contributed by atoms with Crippen LogP contribution in [0, 0.1) is 12.8 Å². The van der Waals surface area contributed by atoms with Gasteiger partial charge in [-0.1, -0.05) is 43.3 Å². The Hall–Kier alpha value is -2.37. The largest absolute Gasteiger partial charge is 0.350 e. The van der Waals surface area contributed by atoms with Crippen molar-refractivity contribution in [1.29, 1.82) is 0 Å². The number of guanidine groups is 1. The Labute approximate surface area is 143 Å². The van der Waals surface area contributed by atoms with Crippen molar-refractivity contribution in [2.75, 3.05) is 7.05 Å². The van der Waals surface area contributed by atoms with Gasteiger partial charge in [-0.3, -0.25) is 4.99 Å². The van der Waals surface area contributed by atoms with Crippen LogP contribution in [-0.2, 0) is 13.0 Å². The van der Waals surface area contributed by atoms with Crippen LogP contribution in [0.3, 0.4) is 0 Å². The van der Waals surface area contributed by atoms with Gasteiger partial charge in [0.2, 0.25) is 5.89 Å². The summed E-state index contributed by atoms with van der Waals surface area (Å²) in [7, 11) is 1.75. The van der Waals surface area contributed by atoms with Gasteiger partial charge >= 0.3 is 0 Å². The van der Waals surface area contributed by atoms with E-state index in [4.69, 9.17) is 4.52 Å². The zero-order valence-electron chi connectivity index (χ0n) is 15.1. The lowest BCUT2D eigenvalue weighted by Crippen LogP contribution is -2.38. The Morgan fingerprint density at radius 2 is 1.92 bits per heavy atom. The maximum atomic E-state index is 4.96. The summed E-state index contributed by atoms with van der Waals surface area (Å²) in [6.07, 6.45) is 1.11. The molecule has 0 aliphatic rings. The fourth-order valence-electron chi connectivity index (χ4n) is 2.47. The minimum Gasteiger partial charge on any atom is -0.350 e. The highest BCUT2D eigenvalue weighted by Gasteiger charge is 2.09. The molecule has 2 N–H and O–H groups in total. The first-order valence-corrected chi connectivity index (χ1v) is 8.33. The second kappa shape index (κ2) is 8.47. The molecular weight excluding hydrogens is 302 g/mol. The summed E-state index contributed by atoms with van der Waals surface area (Å²) in [6, 6.07) is 8.89. The molecule has 1 atom stereocenters. The van der Waals surface area contributed by atoms with Gasteiger partial charge in [0.05, 0.1) is 12.6 Å². The molecule has 0 aliphatic carbocycles. The standard InChI is InChI=1S/C18H27N5O/c1-12(2)10-15-6-8-16(9-7-15)13(3)21-18(19-5)20-11-17-22-14(4)24-23-17/h6-9,12-13H,10-11H2,1-5H3,(H2,19,20,21). The summed E-state index contributed by atoms with van der Waals surface area (Å²) < 4.78 is 4.96. The van der Waals surface area contributed by atoms with Gasteiger partial charge in [0, 0.05) is 14.0 Å². The van der Waals surface area contributed by atoms with Gasteiger partial charge in [-0.2, -0.15) is 4.98 Å². The molecule has 0 spiro atoms. The summed E-state index contributed by atoms with van der Waals surface area (Å²) in [5, 5.41) is 10.4. The van der Waals surface area contributed by atoms with Gasteiger partial charge in [-0.25, -0.2) is 0 Å². The Bertz CT molecular complexity index is 660. The van der Waals surface area contributed by atoms with Gasteiger partial charge in [0.1, 0.15) is 0 Å². The van der Waals surface area contributed by atoms with E-state index in [0.29, 0.717) is 30.1 Å². The molecule has 6 heteroatoms. The van der Waals surface area contributed by atoms with Crippen molar-refractivity contribution >= 4 is 5.96 Å². The van der Waals surface area contributed by atoms with Crippen LogP contribution in [0.15, 0.2) is 33.8 Å². The lowest BCUT2D eigenvalue weighted by Gasteiger charge is -2.18. The van der Waals surface area contributed by atoms with E-state index in [1.165, 1.54) is 11.1 Å². The normalized spacial score (nSPS) is 13.2. The summed E-state index contributed by atoms with van der Waals surface area (Å²) in [4.78, 5) is 8.41. The Morgan fingerprint density at radius 1 is 1.21 bits per heavy atom. The molecule has 0 saturated carbocycles. The average Bonchev–Trinajstić information content (AvgIpc) is 2.96. The molecule has 0 aliphatic heterocycles. The van der Waals surface area contributed by atoms with E-state index in [2.05, 4.69) is 70.8 Å². The van der Waals surface area contributed by atoms with E-state index < -0.39 is 0 Å². The van der Waals surface area contributed by atoms with Crippen LogP contribution in [0.25, 0.3) is 0 Å². The Kier molecular flexibility index (Phi) is 6.35. The Morgan fingerprint density at radius 3 is 2.46 bits per heavy atom. The number of hydrogen-bond acceptors (Lipinski definition) is 4. The molecule has 1 aromatic carbocycles. The van der Waals surface area contributed by atoms with E-state index in [1.54, 1.807) is 14.0 Å². The molecular formula is C18H27N5O. The first kappa shape index (κ1) is 18.0. The summed E-state index contributed by atoms with van der Waals surface area (Å²) in [5.74, 6) is 2.55. The van der Waals surface area contributed by atoms with Crippen LogP contribution < -0.4 is 10.6 Å². The van der Waals surface area contributed by atoms with Gasteiger partial charge in [-0.05, 0) is 30.4 Å². The highest BCUT2D eigenvalue weighted by molar-refractivity contribution is 5.80. The number of hydrogen-bond donors (Lipinski definition) is 2. The van der Waals surface area contributed by atoms with Crippen LogP contribution in [-0.4, -0.2) is 23.1 Å². The zero-order valence-corrected chi connectivity index (χ0v) is 15.1. The van der Waals surface area contributed by atoms with Crippen LogP contribution in [0.1, 0.15) is 49.7 Å². The van der Waals surface area contributed by atoms with Crippen molar-refractivity contribution in [3.8, 4) is 0 Å². The third-order valence-corrected chi connectivity index (χ3v) is 3.68. The zero-order chi connectivity index (χ0) is 17.5. The first-order chi connectivity index (χ1) is 11.5. The molecule has 0 bridgehead atoms. The molecule has 1 heterocycles. The first-order valence-electron chi connectivity index (χ1n) is 8.33. The van der Waals surface area contributed by atoms with Crippen molar-refractivity contribution in [3.05, 3.63) is 47.1 Å². The molecule has 2 aromatic rings. The topological polar surface area (TPSA) is 75.3 Å². The molecule has 0 fully saturated rings. The molecule has 2 rings (SSSR count). The van der Waals surface area contributed by atoms with Crippen molar-refractivity contribution < 1.29 is 4.52 Å². The van der Waals surface area contributed by atoms with Crippen molar-refractivity contribution in [1.82, 2.24) is 20.8 Å². The lowest BCUT2D eigenvalue weighted by molar-refractivity contribution is 0.386. The third kappa shape index (κ3) is 5.37. The molecule has 24 heavy (non-hydrogen) atoms. The summed E-state index contributed by atoms with van der Waals surface area (Å²) in [6.45, 7) is 8.83. The fraction of sp³-hybridized carbons (Fsp3) is 0.500. The molecule has 0 amide bonds. The number of nitrogens with zero attached hydrogens (tertiary/aromatic N) is 3. The Balaban J connectivity index is 1.90. The molecule has 130 valence electrons. The van der Waals surface area contributed by atoms with Gasteiger partial charge in [0.15, 0.2) is 11.8 Å². The number of benzene rings is 1. The van der Waals surface area contributed by atoms with Crippen LogP contribution >= 0.6 is 0 Å². The van der Waals surface area contributed by atoms with Crippen molar-refractivity contribution in [2.45, 2.75) is 46.7 Å². The quantitative estimate of drug-likeness (QED) is 0.629. The number of nitrogens with one attached hydrogen (secondary N) is 2. The van der Waals surface area contributed by atoms with E-state index in [1.807, 2.05) is 0 Å². The van der Waals surface area contributed by atoms with Crippen LogP contribution in [0.5, 0.6) is 0 Å². The number of aromatic nitrogens is 2. The summed E-state index contributed by atoms with van der Waals surface area (Å²) >= 11 is 0. The molecule has 1 unspecified atom stereocenters. The number of rotatable bonds is 6. The minimum absolute atomic E-state index is 0.149. The highest BCUT2D eigenvalue weighted by atomic mass is 16.5. The second-order valence-corrected chi connectivity index (χ2v) is 6.36. The van der Waals surface area contributed by atoms with E-state index >= 15 is 0 Å². The smallest absolute Gasteiger partial charge is 0.223 e. The maximum absolute atomic E-state index is 4.96. The van der Waals surface area contributed by atoms with Gasteiger partial charge in [-0.15, -0.1) is 0 Å². The van der Waals surface area contributed by atoms with Crippen LogP contribution in [0.2, 0.25) is 0 Å². The van der Waals surface area contributed by atoms with Crippen molar-refractivity contribution in [2.24, 2.45) is 10.9 Å². The SMILES string of the molecule is CN=C(NCc1noc(C)n1)NC(C)c1ccc(CC(C)C)cc1. The molecule has 1 aromatic heterocycles. The predicted molar refractivity (Wildman–Crippen MR) is 95.8 cm³/mol. The molecule has 0 radical (unpaired) electrons. The second-order valence-electron chi connectivity index (χ2n) is 6.36. The monoisotopic (exact) mass is 329 g/mol. The van der Waals surface area contributed by atoms with E-state index in [0.717, 1.165) is 6.42 Å². The number of aliphatic imine (C=N–C) groups is 1. The van der Waals surface area contributed by atoms with Gasteiger partial charge < -0.3 is 15.2 Å². The third-order valence-electron chi connectivity index (χ3n) is 3.68. The maximum Gasteiger partial charge on any atom is 0.223 e. The van der Waals surface area contributed by atoms with E-state index in [9.17, 15) is 0 Å². The summed E-state index contributed by atoms with van der Waals surface area (Å²) in [5.41, 5.74) is 2.59. The van der Waals surface area contributed by atoms with Gasteiger partial charge in [0.25, 0.3) is 0 Å². The molecule has 0 saturated heterocycles. The highest BCUT2D eigenvalue weighted by Crippen LogP contribution is 2.15. The minimum atomic E-state index is 0.149. The van der Waals surface area contributed by atoms with Crippen LogP contribution in [0.4, 0.5) is 0 Å². The van der Waals surface area contributed by atoms with E-state index in [-0.39, 0.29) is 6.04 Å². The molecule has 6 nitrogen and oxygen atoms in total. The average molecular weight is 329 g/mol.